The largest absolute Gasteiger partial charge is 0.343 e. The first kappa shape index (κ1) is 14.5. The van der Waals surface area contributed by atoms with E-state index in [1.54, 1.807) is 12.1 Å². The molecule has 4 nitrogen and oxygen atoms in total. The first-order valence-corrected chi connectivity index (χ1v) is 6.78. The van der Waals surface area contributed by atoms with Crippen LogP contribution in [0.1, 0.15) is 25.8 Å². The Balaban J connectivity index is 2.10. The molecular formula is C15H19FN2O2. The number of amides is 2. The number of hydrogen-bond acceptors (Lipinski definition) is 2. The van der Waals surface area contributed by atoms with E-state index in [-0.39, 0.29) is 30.7 Å². The van der Waals surface area contributed by atoms with Crippen LogP contribution in [0.3, 0.4) is 0 Å². The highest BCUT2D eigenvalue weighted by atomic mass is 19.1. The number of halogens is 1. The van der Waals surface area contributed by atoms with Crippen LogP contribution < -0.4 is 5.32 Å². The van der Waals surface area contributed by atoms with E-state index in [2.05, 4.69) is 5.32 Å². The molecule has 1 aliphatic rings. The van der Waals surface area contributed by atoms with E-state index in [0.29, 0.717) is 17.9 Å². The summed E-state index contributed by atoms with van der Waals surface area (Å²) in [6.07, 6.45) is 0.615. The Hall–Kier alpha value is -1.91. The molecule has 0 saturated carbocycles. The molecule has 1 fully saturated rings. The van der Waals surface area contributed by atoms with Gasteiger partial charge >= 0.3 is 0 Å². The van der Waals surface area contributed by atoms with Crippen molar-refractivity contribution >= 4 is 11.8 Å². The molecule has 0 aliphatic carbocycles. The quantitative estimate of drug-likeness (QED) is 0.911. The third kappa shape index (κ3) is 3.56. The Bertz CT molecular complexity index is 516. The molecule has 20 heavy (non-hydrogen) atoms. The Kier molecular flexibility index (Phi) is 4.37. The lowest BCUT2D eigenvalue weighted by Gasteiger charge is -2.33. The first-order valence-electron chi connectivity index (χ1n) is 6.78. The third-order valence-corrected chi connectivity index (χ3v) is 3.25. The van der Waals surface area contributed by atoms with Crippen LogP contribution >= 0.6 is 0 Å². The second-order valence-electron chi connectivity index (χ2n) is 5.57. The van der Waals surface area contributed by atoms with E-state index >= 15 is 0 Å². The summed E-state index contributed by atoms with van der Waals surface area (Å²) in [5, 5.41) is 2.72. The lowest BCUT2D eigenvalue weighted by atomic mass is 10.0. The van der Waals surface area contributed by atoms with Crippen molar-refractivity contribution in [2.24, 2.45) is 5.92 Å². The highest BCUT2D eigenvalue weighted by Crippen LogP contribution is 2.15. The number of hydrogen-bond donors (Lipinski definition) is 1. The minimum absolute atomic E-state index is 0.0317. The van der Waals surface area contributed by atoms with Gasteiger partial charge in [-0.1, -0.05) is 26.0 Å². The van der Waals surface area contributed by atoms with E-state index in [1.807, 2.05) is 13.8 Å². The molecule has 2 amide bonds. The molecule has 5 heteroatoms. The summed E-state index contributed by atoms with van der Waals surface area (Å²) < 4.78 is 13.2. The second-order valence-corrected chi connectivity index (χ2v) is 5.57. The lowest BCUT2D eigenvalue weighted by molar-refractivity contribution is -0.145. The summed E-state index contributed by atoms with van der Waals surface area (Å²) in [6, 6.07) is 5.63. The van der Waals surface area contributed by atoms with Crippen LogP contribution in [-0.2, 0) is 16.1 Å². The molecule has 1 saturated heterocycles. The van der Waals surface area contributed by atoms with Gasteiger partial charge in [-0.05, 0) is 30.0 Å². The van der Waals surface area contributed by atoms with Crippen LogP contribution in [0.4, 0.5) is 4.39 Å². The second kappa shape index (κ2) is 6.03. The zero-order chi connectivity index (χ0) is 14.7. The lowest BCUT2D eigenvalue weighted by Crippen LogP contribution is -2.57. The van der Waals surface area contributed by atoms with Crippen molar-refractivity contribution in [3.63, 3.8) is 0 Å². The van der Waals surface area contributed by atoms with E-state index in [4.69, 9.17) is 0 Å². The Morgan fingerprint density at radius 2 is 2.15 bits per heavy atom. The predicted octanol–water partition coefficient (Wildman–Crippen LogP) is 1.70. The van der Waals surface area contributed by atoms with Gasteiger partial charge in [0.2, 0.25) is 11.8 Å². The van der Waals surface area contributed by atoms with Crippen LogP contribution in [0.15, 0.2) is 24.3 Å². The van der Waals surface area contributed by atoms with Gasteiger partial charge in [0.15, 0.2) is 0 Å². The summed E-state index contributed by atoms with van der Waals surface area (Å²) in [6.45, 7) is 4.30. The van der Waals surface area contributed by atoms with Crippen molar-refractivity contribution in [2.45, 2.75) is 32.9 Å². The molecule has 1 atom stereocenters. The van der Waals surface area contributed by atoms with Crippen LogP contribution in [0.2, 0.25) is 0 Å². The fourth-order valence-electron chi connectivity index (χ4n) is 2.39. The van der Waals surface area contributed by atoms with Gasteiger partial charge < -0.3 is 10.2 Å². The SMILES string of the molecule is CC(C)CC1NC(=O)CN(Cc2cccc(F)c2)C1=O. The zero-order valence-electron chi connectivity index (χ0n) is 11.7. The van der Waals surface area contributed by atoms with Crippen LogP contribution in [0.25, 0.3) is 0 Å². The van der Waals surface area contributed by atoms with Crippen molar-refractivity contribution in [1.82, 2.24) is 10.2 Å². The fraction of sp³-hybridized carbons (Fsp3) is 0.467. The topological polar surface area (TPSA) is 49.4 Å². The summed E-state index contributed by atoms with van der Waals surface area (Å²) >= 11 is 0. The van der Waals surface area contributed by atoms with Crippen molar-refractivity contribution in [2.75, 3.05) is 6.54 Å². The Morgan fingerprint density at radius 1 is 1.40 bits per heavy atom. The molecule has 0 bridgehead atoms. The van der Waals surface area contributed by atoms with Crippen molar-refractivity contribution in [3.8, 4) is 0 Å². The van der Waals surface area contributed by atoms with Crippen LogP contribution in [0.5, 0.6) is 0 Å². The van der Waals surface area contributed by atoms with Crippen molar-refractivity contribution < 1.29 is 14.0 Å². The molecule has 1 heterocycles. The summed E-state index contributed by atoms with van der Waals surface area (Å²) in [4.78, 5) is 25.5. The number of benzene rings is 1. The Labute approximate surface area is 118 Å². The average molecular weight is 278 g/mol. The summed E-state index contributed by atoms with van der Waals surface area (Å²) in [5.41, 5.74) is 0.691. The highest BCUT2D eigenvalue weighted by Gasteiger charge is 2.32. The number of nitrogens with one attached hydrogen (secondary N) is 1. The van der Waals surface area contributed by atoms with Gasteiger partial charge in [0, 0.05) is 6.54 Å². The van der Waals surface area contributed by atoms with E-state index in [0.717, 1.165) is 0 Å². The van der Waals surface area contributed by atoms with E-state index in [1.165, 1.54) is 17.0 Å². The van der Waals surface area contributed by atoms with Gasteiger partial charge in [0.25, 0.3) is 0 Å². The van der Waals surface area contributed by atoms with Gasteiger partial charge in [0.1, 0.15) is 11.9 Å². The molecule has 0 radical (unpaired) electrons. The maximum Gasteiger partial charge on any atom is 0.245 e. The van der Waals surface area contributed by atoms with Crippen LogP contribution in [-0.4, -0.2) is 29.3 Å². The number of nitrogens with zero attached hydrogens (tertiary/aromatic N) is 1. The van der Waals surface area contributed by atoms with Crippen LogP contribution in [0, 0.1) is 11.7 Å². The minimum atomic E-state index is -0.468. The first-order chi connectivity index (χ1) is 9.45. The molecule has 0 aromatic heterocycles. The Morgan fingerprint density at radius 3 is 2.80 bits per heavy atom. The smallest absolute Gasteiger partial charge is 0.245 e. The van der Waals surface area contributed by atoms with E-state index in [9.17, 15) is 14.0 Å². The normalized spacial score (nSPS) is 19.4. The summed E-state index contributed by atoms with van der Waals surface area (Å²) in [5.74, 6) is -0.275. The maximum atomic E-state index is 13.2. The molecular weight excluding hydrogens is 259 g/mol. The third-order valence-electron chi connectivity index (χ3n) is 3.25. The molecule has 1 N–H and O–H groups in total. The standard InChI is InChI=1S/C15H19FN2O2/c1-10(2)6-13-15(20)18(9-14(19)17-13)8-11-4-3-5-12(16)7-11/h3-5,7,10,13H,6,8-9H2,1-2H3,(H,17,19). The molecule has 0 spiro atoms. The number of rotatable bonds is 4. The molecule has 1 aliphatic heterocycles. The minimum Gasteiger partial charge on any atom is -0.343 e. The van der Waals surface area contributed by atoms with Gasteiger partial charge in [-0.25, -0.2) is 4.39 Å². The monoisotopic (exact) mass is 278 g/mol. The van der Waals surface area contributed by atoms with Crippen molar-refractivity contribution in [3.05, 3.63) is 35.6 Å². The zero-order valence-corrected chi connectivity index (χ0v) is 11.7. The predicted molar refractivity (Wildman–Crippen MR) is 73.2 cm³/mol. The summed E-state index contributed by atoms with van der Waals surface area (Å²) in [7, 11) is 0. The number of carbonyl (C=O) groups is 2. The highest BCUT2D eigenvalue weighted by molar-refractivity contribution is 5.94. The fourth-order valence-corrected chi connectivity index (χ4v) is 2.39. The van der Waals surface area contributed by atoms with Crippen molar-refractivity contribution in [1.29, 1.82) is 0 Å². The van der Waals surface area contributed by atoms with Gasteiger partial charge in [-0.3, -0.25) is 9.59 Å². The maximum absolute atomic E-state index is 13.2. The van der Waals surface area contributed by atoms with Gasteiger partial charge in [0.05, 0.1) is 6.54 Å². The number of piperazine rings is 1. The van der Waals surface area contributed by atoms with Gasteiger partial charge in [-0.15, -0.1) is 0 Å². The molecule has 1 aromatic rings. The average Bonchev–Trinajstić information content (AvgIpc) is 2.34. The number of carbonyl (C=O) groups excluding carboxylic acids is 2. The molecule has 1 aromatic carbocycles. The van der Waals surface area contributed by atoms with Gasteiger partial charge in [-0.2, -0.15) is 0 Å². The molecule has 2 rings (SSSR count). The molecule has 108 valence electrons. The molecule has 1 unspecified atom stereocenters. The van der Waals surface area contributed by atoms with E-state index < -0.39 is 6.04 Å².